The van der Waals surface area contributed by atoms with Crippen molar-refractivity contribution in [3.63, 3.8) is 0 Å². The summed E-state index contributed by atoms with van der Waals surface area (Å²) >= 11 is 0.882. The Bertz CT molecular complexity index is 1200. The van der Waals surface area contributed by atoms with Gasteiger partial charge in [0.2, 0.25) is 11.8 Å². The minimum atomic E-state index is -0.578. The summed E-state index contributed by atoms with van der Waals surface area (Å²) in [6.07, 6.45) is 0.109. The summed E-state index contributed by atoms with van der Waals surface area (Å²) in [7, 11) is 2.75. The van der Waals surface area contributed by atoms with Crippen molar-refractivity contribution in [1.82, 2.24) is 25.2 Å². The summed E-state index contributed by atoms with van der Waals surface area (Å²) in [5.41, 5.74) is 4.40. The van der Waals surface area contributed by atoms with Crippen LogP contribution < -0.4 is 22.1 Å². The number of carbonyl (C=O) groups is 2. The molecule has 1 aromatic heterocycles. The van der Waals surface area contributed by atoms with Crippen LogP contribution in [0.4, 0.5) is 0 Å². The van der Waals surface area contributed by atoms with Crippen molar-refractivity contribution in [3.8, 4) is 0 Å². The maximum atomic E-state index is 12.2. The number of aromatic nitrogens is 3. The van der Waals surface area contributed by atoms with Gasteiger partial charge in [-0.25, -0.2) is 9.48 Å². The third kappa shape index (κ3) is 4.72. The van der Waals surface area contributed by atoms with Crippen molar-refractivity contribution in [2.75, 3.05) is 5.75 Å². The number of nitrogens with zero attached hydrogens (tertiary/aromatic N) is 3. The Morgan fingerprint density at radius 2 is 1.69 bits per heavy atom. The monoisotopic (exact) mass is 413 g/mol. The molecule has 2 N–H and O–H groups in total. The van der Waals surface area contributed by atoms with Crippen LogP contribution in [0.3, 0.4) is 0 Å². The van der Waals surface area contributed by atoms with Crippen molar-refractivity contribution in [2.24, 2.45) is 14.1 Å². The number of hydrazine groups is 1. The lowest BCUT2D eigenvalue weighted by Gasteiger charge is -2.09. The summed E-state index contributed by atoms with van der Waals surface area (Å²) < 4.78 is 1.94. The van der Waals surface area contributed by atoms with Gasteiger partial charge in [0, 0.05) is 14.1 Å². The SMILES string of the molecule is Cn1nc(SCC(=O)NNC(=O)Cc2cccc3ccccc23)c(=O)n(C)c1=O. The first-order valence-corrected chi connectivity index (χ1v) is 9.67. The second kappa shape index (κ2) is 8.74. The fourth-order valence-electron chi connectivity index (χ4n) is 2.73. The Morgan fingerprint density at radius 3 is 2.48 bits per heavy atom. The largest absolute Gasteiger partial charge is 0.346 e. The molecule has 2 aromatic carbocycles. The molecule has 3 aromatic rings. The van der Waals surface area contributed by atoms with E-state index in [4.69, 9.17) is 0 Å². The Labute approximate surface area is 169 Å². The van der Waals surface area contributed by atoms with Crippen LogP contribution in [0.2, 0.25) is 0 Å². The van der Waals surface area contributed by atoms with Gasteiger partial charge in [-0.05, 0) is 16.3 Å². The summed E-state index contributed by atoms with van der Waals surface area (Å²) in [5.74, 6) is -1.01. The molecule has 0 aliphatic carbocycles. The molecule has 1 heterocycles. The molecular weight excluding hydrogens is 394 g/mol. The number of amides is 2. The van der Waals surface area contributed by atoms with E-state index in [0.717, 1.165) is 37.3 Å². The fraction of sp³-hybridized carbons (Fsp3) is 0.211. The average molecular weight is 413 g/mol. The molecule has 0 saturated heterocycles. The zero-order chi connectivity index (χ0) is 21.0. The number of benzene rings is 2. The number of carbonyl (C=O) groups excluding carboxylic acids is 2. The number of fused-ring (bicyclic) bond motifs is 1. The van der Waals surface area contributed by atoms with Crippen LogP contribution in [0, 0.1) is 0 Å². The van der Waals surface area contributed by atoms with E-state index in [2.05, 4.69) is 16.0 Å². The van der Waals surface area contributed by atoms with E-state index in [1.54, 1.807) is 0 Å². The van der Waals surface area contributed by atoms with Crippen LogP contribution in [0.25, 0.3) is 10.8 Å². The molecular formula is C19H19N5O4S. The third-order valence-electron chi connectivity index (χ3n) is 4.20. The minimum absolute atomic E-state index is 0.0202. The van der Waals surface area contributed by atoms with Gasteiger partial charge in [0.25, 0.3) is 5.56 Å². The molecule has 0 spiro atoms. The van der Waals surface area contributed by atoms with Gasteiger partial charge in [-0.1, -0.05) is 54.2 Å². The molecule has 0 aliphatic rings. The van der Waals surface area contributed by atoms with Gasteiger partial charge in [0.15, 0.2) is 5.03 Å². The smallest absolute Gasteiger partial charge is 0.273 e. The standard InChI is InChI=1S/C19H19N5O4S/c1-23-18(27)17(22-24(2)19(23)28)29-11-16(26)21-20-15(25)10-13-8-5-7-12-6-3-4-9-14(12)13/h3-9H,10-11H2,1-2H3,(H,20,25)(H,21,26). The summed E-state index contributed by atoms with van der Waals surface area (Å²) in [6.45, 7) is 0. The molecule has 150 valence electrons. The molecule has 2 amide bonds. The summed E-state index contributed by atoms with van der Waals surface area (Å²) in [4.78, 5) is 47.8. The maximum absolute atomic E-state index is 12.2. The second-order valence-corrected chi connectivity index (χ2v) is 7.24. The van der Waals surface area contributed by atoms with Crippen molar-refractivity contribution < 1.29 is 9.59 Å². The number of hydrogen-bond acceptors (Lipinski definition) is 6. The van der Waals surface area contributed by atoms with E-state index in [9.17, 15) is 19.2 Å². The van der Waals surface area contributed by atoms with E-state index >= 15 is 0 Å². The number of nitrogens with one attached hydrogen (secondary N) is 2. The van der Waals surface area contributed by atoms with E-state index in [1.165, 1.54) is 14.1 Å². The highest BCUT2D eigenvalue weighted by Gasteiger charge is 2.13. The van der Waals surface area contributed by atoms with E-state index in [0.29, 0.717) is 0 Å². The lowest BCUT2D eigenvalue weighted by atomic mass is 10.0. The maximum Gasteiger partial charge on any atom is 0.346 e. The average Bonchev–Trinajstić information content (AvgIpc) is 2.72. The normalized spacial score (nSPS) is 10.7. The topological polar surface area (TPSA) is 115 Å². The Hall–Kier alpha value is -3.40. The zero-order valence-electron chi connectivity index (χ0n) is 15.8. The molecule has 0 atom stereocenters. The van der Waals surface area contributed by atoms with E-state index in [1.807, 2.05) is 42.5 Å². The van der Waals surface area contributed by atoms with Crippen molar-refractivity contribution >= 4 is 34.3 Å². The highest BCUT2D eigenvalue weighted by molar-refractivity contribution is 7.99. The lowest BCUT2D eigenvalue weighted by molar-refractivity contribution is -0.127. The molecule has 0 unspecified atom stereocenters. The van der Waals surface area contributed by atoms with Gasteiger partial charge < -0.3 is 0 Å². The molecule has 0 radical (unpaired) electrons. The molecule has 0 fully saturated rings. The van der Waals surface area contributed by atoms with Crippen LogP contribution in [-0.2, 0) is 30.1 Å². The fourth-order valence-corrected chi connectivity index (χ4v) is 3.51. The van der Waals surface area contributed by atoms with Crippen LogP contribution in [-0.4, -0.2) is 31.9 Å². The Balaban J connectivity index is 1.55. The van der Waals surface area contributed by atoms with Gasteiger partial charge in [-0.3, -0.25) is 29.8 Å². The number of thioether (sulfide) groups is 1. The molecule has 0 bridgehead atoms. The number of rotatable bonds is 5. The molecule has 0 aliphatic heterocycles. The first-order valence-electron chi connectivity index (χ1n) is 8.68. The van der Waals surface area contributed by atoms with Crippen LogP contribution >= 0.6 is 11.8 Å². The van der Waals surface area contributed by atoms with Gasteiger partial charge in [0.1, 0.15) is 0 Å². The lowest BCUT2D eigenvalue weighted by Crippen LogP contribution is -2.43. The van der Waals surface area contributed by atoms with E-state index < -0.39 is 17.2 Å². The first kappa shape index (κ1) is 20.3. The quantitative estimate of drug-likeness (QED) is 0.453. The molecule has 0 saturated carbocycles. The molecule has 9 nitrogen and oxygen atoms in total. The van der Waals surface area contributed by atoms with Crippen molar-refractivity contribution in [3.05, 3.63) is 68.9 Å². The third-order valence-corrected chi connectivity index (χ3v) is 5.14. The molecule has 29 heavy (non-hydrogen) atoms. The highest BCUT2D eigenvalue weighted by Crippen LogP contribution is 2.18. The second-order valence-electron chi connectivity index (χ2n) is 6.28. The van der Waals surface area contributed by atoms with Crippen LogP contribution in [0.1, 0.15) is 5.56 Å². The van der Waals surface area contributed by atoms with E-state index in [-0.39, 0.29) is 23.1 Å². The van der Waals surface area contributed by atoms with Crippen LogP contribution in [0.5, 0.6) is 0 Å². The highest BCUT2D eigenvalue weighted by atomic mass is 32.2. The minimum Gasteiger partial charge on any atom is -0.273 e. The molecule has 10 heteroatoms. The summed E-state index contributed by atoms with van der Waals surface area (Å²) in [5, 5.41) is 5.88. The Kier molecular flexibility index (Phi) is 6.13. The van der Waals surface area contributed by atoms with Gasteiger partial charge >= 0.3 is 5.69 Å². The van der Waals surface area contributed by atoms with Crippen molar-refractivity contribution in [2.45, 2.75) is 11.4 Å². The first-order chi connectivity index (χ1) is 13.9. The van der Waals surface area contributed by atoms with Crippen LogP contribution in [0.15, 0.2) is 57.1 Å². The Morgan fingerprint density at radius 1 is 1.00 bits per heavy atom. The summed E-state index contributed by atoms with van der Waals surface area (Å²) in [6, 6.07) is 13.4. The van der Waals surface area contributed by atoms with Gasteiger partial charge in [-0.2, -0.15) is 5.10 Å². The number of hydrogen-bond donors (Lipinski definition) is 2. The predicted molar refractivity (Wildman–Crippen MR) is 109 cm³/mol. The van der Waals surface area contributed by atoms with Gasteiger partial charge in [0.05, 0.1) is 12.2 Å². The van der Waals surface area contributed by atoms with Gasteiger partial charge in [-0.15, -0.1) is 0 Å². The molecule has 3 rings (SSSR count). The predicted octanol–water partition coefficient (Wildman–Crippen LogP) is 0.114. The van der Waals surface area contributed by atoms with Crippen molar-refractivity contribution in [1.29, 1.82) is 0 Å². The number of aryl methyl sites for hydroxylation is 1. The zero-order valence-corrected chi connectivity index (χ0v) is 16.7.